The van der Waals surface area contributed by atoms with E-state index >= 15 is 0 Å². The Balaban J connectivity index is 1.89. The van der Waals surface area contributed by atoms with Crippen LogP contribution in [0, 0.1) is 20.8 Å². The third kappa shape index (κ3) is 3.42. The van der Waals surface area contributed by atoms with Gasteiger partial charge in [0.25, 0.3) is 5.91 Å². The van der Waals surface area contributed by atoms with Crippen molar-refractivity contribution in [3.05, 3.63) is 107 Å². The molecule has 0 aliphatic carbocycles. The van der Waals surface area contributed by atoms with E-state index < -0.39 is 0 Å². The van der Waals surface area contributed by atoms with Crippen LogP contribution in [0.2, 0.25) is 0 Å². The average Bonchev–Trinajstić information content (AvgIpc) is 3.14. The highest BCUT2D eigenvalue weighted by Crippen LogP contribution is 2.33. The predicted octanol–water partition coefficient (Wildman–Crippen LogP) is 5.12. The number of amides is 1. The molecule has 4 aromatic rings. The Morgan fingerprint density at radius 3 is 2.31 bits per heavy atom. The van der Waals surface area contributed by atoms with Crippen molar-refractivity contribution in [1.29, 1.82) is 0 Å². The van der Waals surface area contributed by atoms with Crippen molar-refractivity contribution >= 4 is 11.6 Å². The summed E-state index contributed by atoms with van der Waals surface area (Å²) in [5, 5.41) is 0. The van der Waals surface area contributed by atoms with Gasteiger partial charge >= 0.3 is 0 Å². The van der Waals surface area contributed by atoms with Gasteiger partial charge in [-0.15, -0.1) is 0 Å². The van der Waals surface area contributed by atoms with E-state index in [0.29, 0.717) is 5.56 Å². The molecule has 4 rings (SSSR count). The van der Waals surface area contributed by atoms with Crippen LogP contribution in [0.25, 0.3) is 5.65 Å². The summed E-state index contributed by atoms with van der Waals surface area (Å²) in [7, 11) is 1.88. The van der Waals surface area contributed by atoms with Crippen molar-refractivity contribution in [2.45, 2.75) is 26.8 Å². The van der Waals surface area contributed by atoms with Gasteiger partial charge in [-0.1, -0.05) is 42.0 Å². The third-order valence-electron chi connectivity index (χ3n) is 5.55. The molecule has 2 aromatic carbocycles. The summed E-state index contributed by atoms with van der Waals surface area (Å²) in [5.41, 5.74) is 7.12. The van der Waals surface area contributed by atoms with Crippen LogP contribution >= 0.6 is 0 Å². The zero-order valence-corrected chi connectivity index (χ0v) is 17.3. The minimum atomic E-state index is -0.248. The van der Waals surface area contributed by atoms with Crippen LogP contribution < -0.4 is 0 Å². The minimum absolute atomic E-state index is 0.0106. The molecule has 2 aromatic heterocycles. The number of carbonyl (C=O) groups is 1. The van der Waals surface area contributed by atoms with E-state index in [4.69, 9.17) is 0 Å². The fraction of sp³-hybridized carbons (Fsp3) is 0.200. The molecule has 4 nitrogen and oxygen atoms in total. The number of hydrogen-bond acceptors (Lipinski definition) is 2. The molecule has 1 amide bonds. The summed E-state index contributed by atoms with van der Waals surface area (Å²) in [5.74, 6) is -0.0106. The zero-order valence-electron chi connectivity index (χ0n) is 17.3. The van der Waals surface area contributed by atoms with Gasteiger partial charge in [-0.3, -0.25) is 4.79 Å². The van der Waals surface area contributed by atoms with Crippen molar-refractivity contribution < 1.29 is 4.79 Å². The van der Waals surface area contributed by atoms with Gasteiger partial charge in [0.1, 0.15) is 5.65 Å². The summed E-state index contributed by atoms with van der Waals surface area (Å²) < 4.78 is 2.06. The van der Waals surface area contributed by atoms with E-state index in [0.717, 1.165) is 33.6 Å². The van der Waals surface area contributed by atoms with Gasteiger partial charge in [0.2, 0.25) is 0 Å². The van der Waals surface area contributed by atoms with E-state index in [9.17, 15) is 4.79 Å². The molecule has 0 saturated carbocycles. The normalized spacial score (nSPS) is 12.1. The maximum Gasteiger partial charge on any atom is 0.254 e. The molecule has 0 aliphatic heterocycles. The maximum atomic E-state index is 13.4. The first-order valence-corrected chi connectivity index (χ1v) is 9.79. The Bertz CT molecular complexity index is 1150. The number of aryl methyl sites for hydroxylation is 3. The van der Waals surface area contributed by atoms with Gasteiger partial charge in [-0.2, -0.15) is 0 Å². The molecule has 2 heterocycles. The topological polar surface area (TPSA) is 37.6 Å². The Hall–Kier alpha value is -3.40. The van der Waals surface area contributed by atoms with E-state index in [1.165, 1.54) is 0 Å². The molecule has 29 heavy (non-hydrogen) atoms. The molecule has 0 N–H and O–H groups in total. The van der Waals surface area contributed by atoms with Crippen LogP contribution in [0.15, 0.2) is 73.1 Å². The van der Waals surface area contributed by atoms with Crippen molar-refractivity contribution in [3.8, 4) is 0 Å². The summed E-state index contributed by atoms with van der Waals surface area (Å²) in [6.07, 6.45) is 3.88. The number of rotatable bonds is 4. The van der Waals surface area contributed by atoms with Crippen LogP contribution in [0.1, 0.15) is 44.3 Å². The number of fused-ring (bicyclic) bond motifs is 1. The molecule has 0 spiro atoms. The van der Waals surface area contributed by atoms with Crippen molar-refractivity contribution in [1.82, 2.24) is 14.3 Å². The first-order valence-electron chi connectivity index (χ1n) is 9.79. The lowest BCUT2D eigenvalue weighted by molar-refractivity contribution is 0.0751. The Morgan fingerprint density at radius 1 is 0.931 bits per heavy atom. The predicted molar refractivity (Wildman–Crippen MR) is 116 cm³/mol. The van der Waals surface area contributed by atoms with Crippen molar-refractivity contribution in [2.24, 2.45) is 0 Å². The number of hydrogen-bond donors (Lipinski definition) is 0. The summed E-state index contributed by atoms with van der Waals surface area (Å²) in [4.78, 5) is 19.8. The number of aromatic nitrogens is 2. The summed E-state index contributed by atoms with van der Waals surface area (Å²) in [6.45, 7) is 6.22. The van der Waals surface area contributed by atoms with Gasteiger partial charge in [-0.05, 0) is 61.7 Å². The second kappa shape index (κ2) is 7.55. The number of carbonyl (C=O) groups excluding carboxylic acids is 1. The molecule has 1 atom stereocenters. The van der Waals surface area contributed by atoms with Crippen molar-refractivity contribution in [2.75, 3.05) is 7.05 Å². The molecule has 0 aliphatic rings. The summed E-state index contributed by atoms with van der Waals surface area (Å²) >= 11 is 0. The van der Waals surface area contributed by atoms with Crippen LogP contribution in [-0.4, -0.2) is 27.2 Å². The molecule has 0 bridgehead atoms. The number of imidazole rings is 1. The first kappa shape index (κ1) is 18.9. The van der Waals surface area contributed by atoms with Gasteiger partial charge in [-0.25, -0.2) is 4.98 Å². The highest BCUT2D eigenvalue weighted by atomic mass is 16.2. The second-order valence-electron chi connectivity index (χ2n) is 7.60. The molecule has 0 fully saturated rings. The second-order valence-corrected chi connectivity index (χ2v) is 7.60. The molecule has 0 saturated heterocycles. The molecule has 4 heteroatoms. The van der Waals surface area contributed by atoms with Crippen molar-refractivity contribution in [3.63, 3.8) is 0 Å². The van der Waals surface area contributed by atoms with E-state index in [-0.39, 0.29) is 11.9 Å². The quantitative estimate of drug-likeness (QED) is 0.490. The highest BCUT2D eigenvalue weighted by Gasteiger charge is 2.29. The maximum absolute atomic E-state index is 13.4. The monoisotopic (exact) mass is 383 g/mol. The molecule has 0 radical (unpaired) electrons. The minimum Gasteiger partial charge on any atom is -0.329 e. The van der Waals surface area contributed by atoms with E-state index in [1.54, 1.807) is 0 Å². The highest BCUT2D eigenvalue weighted by molar-refractivity contribution is 5.94. The molecular formula is C25H25N3O. The van der Waals surface area contributed by atoms with E-state index in [1.807, 2.05) is 73.7 Å². The Kier molecular flexibility index (Phi) is 4.93. The average molecular weight is 383 g/mol. The summed E-state index contributed by atoms with van der Waals surface area (Å²) in [6, 6.07) is 19.7. The number of benzene rings is 2. The van der Waals surface area contributed by atoms with Crippen LogP contribution in [0.5, 0.6) is 0 Å². The SMILES string of the molecule is Cc1ccc(C(=O)N(C)C(c2c(C)cccc2C)c2cnc3ccccn23)cc1. The standard InChI is InChI=1S/C25H25N3O/c1-17-11-13-20(14-12-17)25(29)27(4)24(23-18(2)8-7-9-19(23)3)21-16-26-22-10-5-6-15-28(21)22/h5-16,24H,1-4H3. The molecular weight excluding hydrogens is 358 g/mol. The van der Waals surface area contributed by atoms with Gasteiger partial charge in [0, 0.05) is 18.8 Å². The lowest BCUT2D eigenvalue weighted by atomic mass is 9.93. The van der Waals surface area contributed by atoms with Crippen LogP contribution in [-0.2, 0) is 0 Å². The lowest BCUT2D eigenvalue weighted by Gasteiger charge is -2.31. The fourth-order valence-corrected chi connectivity index (χ4v) is 3.97. The zero-order chi connectivity index (χ0) is 20.5. The smallest absolute Gasteiger partial charge is 0.254 e. The largest absolute Gasteiger partial charge is 0.329 e. The Morgan fingerprint density at radius 2 is 1.62 bits per heavy atom. The first-order chi connectivity index (χ1) is 14.0. The lowest BCUT2D eigenvalue weighted by Crippen LogP contribution is -2.33. The number of pyridine rings is 1. The van der Waals surface area contributed by atoms with Gasteiger partial charge in [0.05, 0.1) is 17.9 Å². The third-order valence-corrected chi connectivity index (χ3v) is 5.55. The van der Waals surface area contributed by atoms with Crippen LogP contribution in [0.4, 0.5) is 0 Å². The fourth-order valence-electron chi connectivity index (χ4n) is 3.97. The van der Waals surface area contributed by atoms with Crippen LogP contribution in [0.3, 0.4) is 0 Å². The molecule has 1 unspecified atom stereocenters. The van der Waals surface area contributed by atoms with Gasteiger partial charge in [0.15, 0.2) is 0 Å². The Labute approximate surface area is 171 Å². The van der Waals surface area contributed by atoms with E-state index in [2.05, 4.69) is 41.4 Å². The van der Waals surface area contributed by atoms with Gasteiger partial charge < -0.3 is 9.30 Å². The molecule has 146 valence electrons. The number of nitrogens with zero attached hydrogens (tertiary/aromatic N) is 3.